The van der Waals surface area contributed by atoms with Gasteiger partial charge in [0, 0.05) is 6.20 Å². The Morgan fingerprint density at radius 1 is 0.912 bits per heavy atom. The van der Waals surface area contributed by atoms with Crippen molar-refractivity contribution in [2.45, 2.75) is 71.6 Å². The average molecular weight is 481 g/mol. The van der Waals surface area contributed by atoms with Crippen molar-refractivity contribution in [2.75, 3.05) is 20.8 Å². The number of ether oxygens (including phenoxy) is 4. The summed E-state index contributed by atoms with van der Waals surface area (Å²) in [5.74, 6) is -2.43. The van der Waals surface area contributed by atoms with E-state index >= 15 is 0 Å². The van der Waals surface area contributed by atoms with E-state index in [9.17, 15) is 19.2 Å². The van der Waals surface area contributed by atoms with E-state index in [0.29, 0.717) is 6.42 Å². The maximum atomic E-state index is 12.0. The van der Waals surface area contributed by atoms with Crippen LogP contribution in [0.3, 0.4) is 0 Å². The second-order valence-corrected chi connectivity index (χ2v) is 9.63. The monoisotopic (exact) mass is 480 g/mol. The minimum absolute atomic E-state index is 0.0331. The van der Waals surface area contributed by atoms with Gasteiger partial charge in [-0.2, -0.15) is 0 Å². The van der Waals surface area contributed by atoms with Crippen LogP contribution in [-0.2, 0) is 28.5 Å². The first-order valence-electron chi connectivity index (χ1n) is 11.0. The second-order valence-electron chi connectivity index (χ2n) is 9.63. The summed E-state index contributed by atoms with van der Waals surface area (Å²) in [6.07, 6.45) is 2.94. The molecule has 2 rings (SSSR count). The highest BCUT2D eigenvalue weighted by molar-refractivity contribution is 6.01. The lowest BCUT2D eigenvalue weighted by Crippen LogP contribution is -2.52. The van der Waals surface area contributed by atoms with Gasteiger partial charge in [0.25, 0.3) is 0 Å². The van der Waals surface area contributed by atoms with Crippen LogP contribution in [0.2, 0.25) is 0 Å². The molecule has 190 valence electrons. The van der Waals surface area contributed by atoms with Crippen molar-refractivity contribution in [3.05, 3.63) is 29.6 Å². The third-order valence-corrected chi connectivity index (χ3v) is 4.43. The molecule has 0 aliphatic carbocycles. The molecule has 1 fully saturated rings. The Kier molecular flexibility index (Phi) is 10.6. The van der Waals surface area contributed by atoms with Crippen LogP contribution in [0.15, 0.2) is 18.3 Å². The number of nitrogens with one attached hydrogen (secondary N) is 1. The quantitative estimate of drug-likeness (QED) is 0.507. The number of esters is 4. The lowest BCUT2D eigenvalue weighted by atomic mass is 9.91. The molecule has 0 saturated carbocycles. The highest BCUT2D eigenvalue weighted by Gasteiger charge is 2.38. The SMILES string of the molecule is COC(=O)C1CCCNC1C(=O)OC(C)(C)C.COC(=O)c1cccnc1C(=O)OC(C)(C)C. The zero-order valence-corrected chi connectivity index (χ0v) is 21.2. The minimum atomic E-state index is -0.640. The van der Waals surface area contributed by atoms with Gasteiger partial charge < -0.3 is 24.3 Å². The van der Waals surface area contributed by atoms with Gasteiger partial charge in [0.05, 0.1) is 25.7 Å². The van der Waals surface area contributed by atoms with Gasteiger partial charge in [-0.05, 0) is 73.1 Å². The van der Waals surface area contributed by atoms with Crippen molar-refractivity contribution in [1.29, 1.82) is 0 Å². The number of methoxy groups -OCH3 is 2. The molecule has 10 nitrogen and oxygen atoms in total. The lowest BCUT2D eigenvalue weighted by molar-refractivity contribution is -0.165. The van der Waals surface area contributed by atoms with Crippen molar-refractivity contribution < 1.29 is 38.1 Å². The topological polar surface area (TPSA) is 130 Å². The average Bonchev–Trinajstić information content (AvgIpc) is 2.76. The standard InChI is InChI=1S/C12H21NO4.C12H15NO4/c2*1-12(2,3)17-11(15)9-8(10(14)16-4)6-5-7-13-9/h8-9,13H,5-7H2,1-4H3;5-7H,1-4H3. The van der Waals surface area contributed by atoms with E-state index in [2.05, 4.69) is 15.0 Å². The van der Waals surface area contributed by atoms with Crippen LogP contribution in [0.25, 0.3) is 0 Å². The van der Waals surface area contributed by atoms with E-state index in [1.165, 1.54) is 26.5 Å². The highest BCUT2D eigenvalue weighted by atomic mass is 16.6. The van der Waals surface area contributed by atoms with Crippen molar-refractivity contribution >= 4 is 23.9 Å². The molecule has 0 spiro atoms. The first-order valence-corrected chi connectivity index (χ1v) is 11.0. The molecule has 1 saturated heterocycles. The molecule has 10 heteroatoms. The molecule has 1 aromatic rings. The Morgan fingerprint density at radius 2 is 1.53 bits per heavy atom. The van der Waals surface area contributed by atoms with E-state index in [1.54, 1.807) is 47.6 Å². The predicted octanol–water partition coefficient (Wildman–Crippen LogP) is 2.69. The van der Waals surface area contributed by atoms with Crippen LogP contribution in [0.5, 0.6) is 0 Å². The normalized spacial score (nSPS) is 18.0. The van der Waals surface area contributed by atoms with E-state index in [1.807, 2.05) is 0 Å². The summed E-state index contributed by atoms with van der Waals surface area (Å²) >= 11 is 0. The van der Waals surface area contributed by atoms with Crippen LogP contribution in [-0.4, -0.2) is 66.9 Å². The molecule has 0 radical (unpaired) electrons. The van der Waals surface area contributed by atoms with Crippen molar-refractivity contribution in [1.82, 2.24) is 10.3 Å². The maximum absolute atomic E-state index is 12.0. The fourth-order valence-corrected chi connectivity index (χ4v) is 3.08. The van der Waals surface area contributed by atoms with Crippen LogP contribution in [0, 0.1) is 5.92 Å². The molecular formula is C24H36N2O8. The van der Waals surface area contributed by atoms with Crippen LogP contribution < -0.4 is 5.32 Å². The number of rotatable bonds is 4. The molecule has 2 atom stereocenters. The summed E-state index contributed by atoms with van der Waals surface area (Å²) in [5.41, 5.74) is -1.11. The molecule has 1 aliphatic rings. The molecule has 34 heavy (non-hydrogen) atoms. The number of hydrogen-bond donors (Lipinski definition) is 1. The summed E-state index contributed by atoms with van der Waals surface area (Å²) in [5, 5.41) is 3.03. The lowest BCUT2D eigenvalue weighted by Gasteiger charge is -2.31. The zero-order valence-electron chi connectivity index (χ0n) is 21.2. The summed E-state index contributed by atoms with van der Waals surface area (Å²) in [6.45, 7) is 11.4. The molecule has 0 amide bonds. The number of carbonyl (C=O) groups excluding carboxylic acids is 4. The number of aromatic nitrogens is 1. The van der Waals surface area contributed by atoms with Gasteiger partial charge >= 0.3 is 23.9 Å². The van der Waals surface area contributed by atoms with Crippen molar-refractivity contribution in [3.63, 3.8) is 0 Å². The van der Waals surface area contributed by atoms with Gasteiger partial charge in [0.1, 0.15) is 17.2 Å². The summed E-state index contributed by atoms with van der Waals surface area (Å²) in [4.78, 5) is 50.6. The van der Waals surface area contributed by atoms with E-state index in [-0.39, 0.29) is 23.2 Å². The molecule has 2 heterocycles. The van der Waals surface area contributed by atoms with Crippen LogP contribution in [0.1, 0.15) is 75.2 Å². The number of carbonyl (C=O) groups is 4. The Labute approximate surface area is 200 Å². The number of nitrogens with zero attached hydrogens (tertiary/aromatic N) is 1. The Balaban J connectivity index is 0.000000340. The Hall–Kier alpha value is -3.01. The number of piperidine rings is 1. The summed E-state index contributed by atoms with van der Waals surface area (Å²) < 4.78 is 19.7. The molecule has 1 aromatic heterocycles. The van der Waals surface area contributed by atoms with Gasteiger partial charge in [-0.3, -0.25) is 9.59 Å². The van der Waals surface area contributed by atoms with Gasteiger partial charge in [0.15, 0.2) is 5.69 Å². The summed E-state index contributed by atoms with van der Waals surface area (Å²) in [6, 6.07) is 2.44. The first-order chi connectivity index (χ1) is 15.7. The molecule has 1 N–H and O–H groups in total. The highest BCUT2D eigenvalue weighted by Crippen LogP contribution is 2.21. The van der Waals surface area contributed by atoms with E-state index < -0.39 is 35.1 Å². The molecule has 0 aromatic carbocycles. The largest absolute Gasteiger partial charge is 0.469 e. The minimum Gasteiger partial charge on any atom is -0.469 e. The Bertz CT molecular complexity index is 870. The predicted molar refractivity (Wildman–Crippen MR) is 123 cm³/mol. The van der Waals surface area contributed by atoms with Gasteiger partial charge in [-0.25, -0.2) is 14.6 Å². The first kappa shape index (κ1) is 29.0. The van der Waals surface area contributed by atoms with E-state index in [0.717, 1.165) is 13.0 Å². The molecule has 1 aliphatic heterocycles. The smallest absolute Gasteiger partial charge is 0.358 e. The van der Waals surface area contributed by atoms with Gasteiger partial charge in [-0.15, -0.1) is 0 Å². The molecule has 2 unspecified atom stereocenters. The zero-order chi connectivity index (χ0) is 26.1. The summed E-state index contributed by atoms with van der Waals surface area (Å²) in [7, 11) is 2.58. The van der Waals surface area contributed by atoms with Gasteiger partial charge in [0.2, 0.25) is 0 Å². The molecule has 0 bridgehead atoms. The third kappa shape index (κ3) is 9.46. The fourth-order valence-electron chi connectivity index (χ4n) is 3.08. The third-order valence-electron chi connectivity index (χ3n) is 4.43. The number of hydrogen-bond acceptors (Lipinski definition) is 10. The maximum Gasteiger partial charge on any atom is 0.358 e. The van der Waals surface area contributed by atoms with Crippen molar-refractivity contribution in [3.8, 4) is 0 Å². The van der Waals surface area contributed by atoms with E-state index in [4.69, 9.17) is 14.2 Å². The van der Waals surface area contributed by atoms with Crippen LogP contribution in [0.4, 0.5) is 0 Å². The van der Waals surface area contributed by atoms with Gasteiger partial charge in [-0.1, -0.05) is 0 Å². The second kappa shape index (κ2) is 12.5. The van der Waals surface area contributed by atoms with Crippen molar-refractivity contribution in [2.24, 2.45) is 5.92 Å². The molecular weight excluding hydrogens is 444 g/mol. The number of pyridine rings is 1. The Morgan fingerprint density at radius 3 is 2.06 bits per heavy atom. The van der Waals surface area contributed by atoms with Crippen LogP contribution >= 0.6 is 0 Å². The fraction of sp³-hybridized carbons (Fsp3) is 0.625.